The van der Waals surface area contributed by atoms with E-state index in [-0.39, 0.29) is 6.04 Å². The maximum absolute atomic E-state index is 6.21. The Bertz CT molecular complexity index is 341. The first kappa shape index (κ1) is 15.5. The molecule has 0 spiro atoms. The van der Waals surface area contributed by atoms with Crippen LogP contribution >= 0.6 is 11.6 Å². The van der Waals surface area contributed by atoms with E-state index in [9.17, 15) is 0 Å². The fourth-order valence-electron chi connectivity index (χ4n) is 2.04. The smallest absolute Gasteiger partial charge is 0.0409 e. The summed E-state index contributed by atoms with van der Waals surface area (Å²) in [4.78, 5) is 2.47. The maximum Gasteiger partial charge on any atom is 0.0409 e. The van der Waals surface area contributed by atoms with Gasteiger partial charge in [0.2, 0.25) is 0 Å². The molecule has 0 aliphatic heterocycles. The monoisotopic (exact) mass is 268 g/mol. The quantitative estimate of drug-likeness (QED) is 0.776. The van der Waals surface area contributed by atoms with Crippen LogP contribution in [0.3, 0.4) is 0 Å². The average Bonchev–Trinajstić information content (AvgIpc) is 2.38. The molecule has 0 bridgehead atoms. The van der Waals surface area contributed by atoms with Gasteiger partial charge in [-0.05, 0) is 50.2 Å². The molecule has 0 fully saturated rings. The van der Waals surface area contributed by atoms with E-state index in [4.69, 9.17) is 17.3 Å². The van der Waals surface area contributed by atoms with Crippen molar-refractivity contribution in [3.8, 4) is 0 Å². The number of benzene rings is 1. The van der Waals surface area contributed by atoms with E-state index in [2.05, 4.69) is 24.8 Å². The van der Waals surface area contributed by atoms with Gasteiger partial charge in [0.15, 0.2) is 0 Å². The lowest BCUT2D eigenvalue weighted by molar-refractivity contribution is 0.272. The van der Waals surface area contributed by atoms with Crippen molar-refractivity contribution in [3.05, 3.63) is 34.9 Å². The normalized spacial score (nSPS) is 12.9. The van der Waals surface area contributed by atoms with E-state index in [0.29, 0.717) is 0 Å². The van der Waals surface area contributed by atoms with Crippen molar-refractivity contribution in [3.63, 3.8) is 0 Å². The zero-order valence-corrected chi connectivity index (χ0v) is 12.3. The van der Waals surface area contributed by atoms with Gasteiger partial charge in [-0.15, -0.1) is 0 Å². The molecule has 18 heavy (non-hydrogen) atoms. The van der Waals surface area contributed by atoms with E-state index in [1.165, 1.54) is 19.4 Å². The van der Waals surface area contributed by atoms with E-state index >= 15 is 0 Å². The van der Waals surface area contributed by atoms with Crippen LogP contribution in [0, 0.1) is 0 Å². The molecule has 1 aromatic carbocycles. The van der Waals surface area contributed by atoms with Crippen LogP contribution in [0.25, 0.3) is 0 Å². The molecular weight excluding hydrogens is 244 g/mol. The molecule has 0 saturated heterocycles. The topological polar surface area (TPSA) is 29.3 Å². The molecule has 1 atom stereocenters. The fourth-order valence-corrected chi connectivity index (χ4v) is 2.23. The second kappa shape index (κ2) is 8.52. The number of hydrogen-bond acceptors (Lipinski definition) is 2. The summed E-state index contributed by atoms with van der Waals surface area (Å²) in [5, 5.41) is 0.765. The third kappa shape index (κ3) is 5.38. The molecule has 2 N–H and O–H groups in total. The van der Waals surface area contributed by atoms with Gasteiger partial charge >= 0.3 is 0 Å². The SMILES string of the molecule is CCCCN(CC)CCC(N)c1cccc(Cl)c1. The Kier molecular flexibility index (Phi) is 7.33. The first-order chi connectivity index (χ1) is 8.67. The highest BCUT2D eigenvalue weighted by atomic mass is 35.5. The summed E-state index contributed by atoms with van der Waals surface area (Å²) in [5.74, 6) is 0. The van der Waals surface area contributed by atoms with Crippen molar-refractivity contribution >= 4 is 11.6 Å². The minimum Gasteiger partial charge on any atom is -0.324 e. The third-order valence-electron chi connectivity index (χ3n) is 3.31. The molecule has 1 rings (SSSR count). The van der Waals surface area contributed by atoms with Gasteiger partial charge in [0.05, 0.1) is 0 Å². The van der Waals surface area contributed by atoms with Crippen LogP contribution in [0.5, 0.6) is 0 Å². The zero-order chi connectivity index (χ0) is 13.4. The Labute approximate surface area is 116 Å². The summed E-state index contributed by atoms with van der Waals surface area (Å²) in [6.07, 6.45) is 3.50. The summed E-state index contributed by atoms with van der Waals surface area (Å²) >= 11 is 5.98. The van der Waals surface area contributed by atoms with E-state index < -0.39 is 0 Å². The molecule has 0 aliphatic carbocycles. The number of nitrogens with two attached hydrogens (primary N) is 1. The Morgan fingerprint density at radius 3 is 2.67 bits per heavy atom. The molecule has 1 unspecified atom stereocenters. The molecule has 0 saturated carbocycles. The number of hydrogen-bond donors (Lipinski definition) is 1. The van der Waals surface area contributed by atoms with Crippen LogP contribution in [-0.4, -0.2) is 24.5 Å². The fraction of sp³-hybridized carbons (Fsp3) is 0.600. The van der Waals surface area contributed by atoms with E-state index in [0.717, 1.165) is 30.1 Å². The predicted molar refractivity (Wildman–Crippen MR) is 80.0 cm³/mol. The van der Waals surface area contributed by atoms with Crippen LogP contribution in [-0.2, 0) is 0 Å². The lowest BCUT2D eigenvalue weighted by Gasteiger charge is -2.22. The van der Waals surface area contributed by atoms with Gasteiger partial charge in [-0.3, -0.25) is 0 Å². The lowest BCUT2D eigenvalue weighted by Crippen LogP contribution is -2.28. The van der Waals surface area contributed by atoms with Crippen molar-refractivity contribution in [2.45, 2.75) is 39.2 Å². The molecule has 3 heteroatoms. The maximum atomic E-state index is 6.21. The van der Waals surface area contributed by atoms with Gasteiger partial charge in [0.1, 0.15) is 0 Å². The minimum absolute atomic E-state index is 0.0828. The van der Waals surface area contributed by atoms with Crippen LogP contribution in [0.4, 0.5) is 0 Å². The summed E-state index contributed by atoms with van der Waals surface area (Å²) in [6, 6.07) is 7.95. The Hall–Kier alpha value is -0.570. The van der Waals surface area contributed by atoms with Gasteiger partial charge in [0, 0.05) is 11.1 Å². The molecule has 0 aromatic heterocycles. The third-order valence-corrected chi connectivity index (χ3v) is 3.54. The van der Waals surface area contributed by atoms with Gasteiger partial charge in [-0.25, -0.2) is 0 Å². The number of unbranched alkanes of at least 4 members (excludes halogenated alkanes) is 1. The summed E-state index contributed by atoms with van der Waals surface area (Å²) in [7, 11) is 0. The van der Waals surface area contributed by atoms with Crippen LogP contribution in [0.2, 0.25) is 5.02 Å². The molecule has 0 aliphatic rings. The lowest BCUT2D eigenvalue weighted by atomic mass is 10.0. The highest BCUT2D eigenvalue weighted by Gasteiger charge is 2.09. The molecule has 1 aromatic rings. The second-order valence-electron chi connectivity index (χ2n) is 4.74. The first-order valence-corrected chi connectivity index (χ1v) is 7.28. The molecule has 2 nitrogen and oxygen atoms in total. The van der Waals surface area contributed by atoms with Gasteiger partial charge in [0.25, 0.3) is 0 Å². The summed E-state index contributed by atoms with van der Waals surface area (Å²) in [6.45, 7) is 7.77. The van der Waals surface area contributed by atoms with Crippen LogP contribution < -0.4 is 5.73 Å². The highest BCUT2D eigenvalue weighted by Crippen LogP contribution is 2.18. The molecule has 0 heterocycles. The van der Waals surface area contributed by atoms with Crippen molar-refractivity contribution < 1.29 is 0 Å². The average molecular weight is 269 g/mol. The number of halogens is 1. The minimum atomic E-state index is 0.0828. The van der Waals surface area contributed by atoms with E-state index in [1.807, 2.05) is 18.2 Å². The Balaban J connectivity index is 2.42. The first-order valence-electron chi connectivity index (χ1n) is 6.90. The molecule has 0 radical (unpaired) electrons. The van der Waals surface area contributed by atoms with Gasteiger partial charge < -0.3 is 10.6 Å². The Morgan fingerprint density at radius 1 is 1.28 bits per heavy atom. The number of rotatable bonds is 8. The molecule has 102 valence electrons. The Morgan fingerprint density at radius 2 is 2.06 bits per heavy atom. The largest absolute Gasteiger partial charge is 0.324 e. The highest BCUT2D eigenvalue weighted by molar-refractivity contribution is 6.30. The molecule has 0 amide bonds. The van der Waals surface area contributed by atoms with Crippen molar-refractivity contribution in [2.24, 2.45) is 5.73 Å². The van der Waals surface area contributed by atoms with Crippen molar-refractivity contribution in [1.29, 1.82) is 0 Å². The number of nitrogens with zero attached hydrogens (tertiary/aromatic N) is 1. The predicted octanol–water partition coefficient (Wildman–Crippen LogP) is 3.85. The van der Waals surface area contributed by atoms with E-state index in [1.54, 1.807) is 0 Å². The van der Waals surface area contributed by atoms with Crippen molar-refractivity contribution in [1.82, 2.24) is 4.90 Å². The van der Waals surface area contributed by atoms with Crippen LogP contribution in [0.15, 0.2) is 24.3 Å². The summed E-state index contributed by atoms with van der Waals surface area (Å²) < 4.78 is 0. The van der Waals surface area contributed by atoms with Gasteiger partial charge in [-0.2, -0.15) is 0 Å². The second-order valence-corrected chi connectivity index (χ2v) is 5.17. The standard InChI is InChI=1S/C15H25ClN2/c1-3-5-10-18(4-2)11-9-15(17)13-7-6-8-14(16)12-13/h6-8,12,15H,3-5,9-11,17H2,1-2H3. The van der Waals surface area contributed by atoms with Gasteiger partial charge in [-0.1, -0.05) is 44.0 Å². The van der Waals surface area contributed by atoms with Crippen molar-refractivity contribution in [2.75, 3.05) is 19.6 Å². The zero-order valence-electron chi connectivity index (χ0n) is 11.5. The summed E-state index contributed by atoms with van der Waals surface area (Å²) in [5.41, 5.74) is 7.34. The molecular formula is C15H25ClN2. The van der Waals surface area contributed by atoms with Crippen LogP contribution in [0.1, 0.15) is 44.7 Å².